The van der Waals surface area contributed by atoms with E-state index in [1.807, 2.05) is 18.2 Å². The van der Waals surface area contributed by atoms with E-state index in [9.17, 15) is 4.79 Å². The smallest absolute Gasteiger partial charge is 0.131 e. The van der Waals surface area contributed by atoms with Crippen molar-refractivity contribution >= 4 is 28.4 Å². The van der Waals surface area contributed by atoms with E-state index in [4.69, 9.17) is 17.3 Å². The number of Topliss-reactive ketones (excluding diaryl/α,β-unsaturated/α-hetero) is 1. The van der Waals surface area contributed by atoms with Gasteiger partial charge < -0.3 is 10.3 Å². The fourth-order valence-electron chi connectivity index (χ4n) is 2.12. The van der Waals surface area contributed by atoms with Crippen molar-refractivity contribution in [2.75, 3.05) is 6.54 Å². The van der Waals surface area contributed by atoms with Crippen molar-refractivity contribution in [3.8, 4) is 0 Å². The molecule has 2 rings (SSSR count). The first-order valence-corrected chi connectivity index (χ1v) is 6.84. The summed E-state index contributed by atoms with van der Waals surface area (Å²) in [6.07, 6.45) is 2.22. The molecule has 0 saturated heterocycles. The Hall–Kier alpha value is -1.39. The van der Waals surface area contributed by atoms with E-state index in [1.54, 1.807) is 6.92 Å². The third kappa shape index (κ3) is 3.33. The maximum atomic E-state index is 11.2. The lowest BCUT2D eigenvalue weighted by molar-refractivity contribution is -0.117. The Morgan fingerprint density at radius 3 is 2.95 bits per heavy atom. The highest BCUT2D eigenvalue weighted by Gasteiger charge is 2.11. The molecule has 0 fully saturated rings. The molecule has 0 atom stereocenters. The number of hydrogen-bond acceptors (Lipinski definition) is 3. The molecule has 0 aliphatic heterocycles. The van der Waals surface area contributed by atoms with Crippen LogP contribution in [0.4, 0.5) is 0 Å². The molecular formula is C14H18ClN3O. The molecule has 0 amide bonds. The summed E-state index contributed by atoms with van der Waals surface area (Å²) in [5, 5.41) is 0.675. The van der Waals surface area contributed by atoms with Crippen molar-refractivity contribution in [1.82, 2.24) is 9.55 Å². The largest absolute Gasteiger partial charge is 0.330 e. The highest BCUT2D eigenvalue weighted by Crippen LogP contribution is 2.21. The molecule has 0 spiro atoms. The molecule has 2 aromatic rings. The molecule has 4 nitrogen and oxygen atoms in total. The zero-order valence-electron chi connectivity index (χ0n) is 11.0. The third-order valence-corrected chi connectivity index (χ3v) is 3.32. The highest BCUT2D eigenvalue weighted by atomic mass is 35.5. The number of ketones is 1. The number of aryl methyl sites for hydroxylation is 2. The second kappa shape index (κ2) is 6.17. The first-order valence-electron chi connectivity index (χ1n) is 6.46. The second-order valence-electron chi connectivity index (χ2n) is 4.66. The number of nitrogens with two attached hydrogens (primary N) is 1. The van der Waals surface area contributed by atoms with Crippen LogP contribution in [-0.2, 0) is 17.8 Å². The summed E-state index contributed by atoms with van der Waals surface area (Å²) in [6.45, 7) is 2.90. The lowest BCUT2D eigenvalue weighted by Gasteiger charge is -2.07. The SMILES string of the molecule is CC(=O)CCn1c(CCCN)nc2cc(Cl)ccc21. The molecular weight excluding hydrogens is 262 g/mol. The summed E-state index contributed by atoms with van der Waals surface area (Å²) in [6, 6.07) is 5.66. The van der Waals surface area contributed by atoms with Gasteiger partial charge in [0.15, 0.2) is 0 Å². The molecule has 0 aliphatic rings. The summed E-state index contributed by atoms with van der Waals surface area (Å²) in [5.41, 5.74) is 7.46. The quantitative estimate of drug-likeness (QED) is 0.884. The topological polar surface area (TPSA) is 60.9 Å². The molecule has 0 unspecified atom stereocenters. The monoisotopic (exact) mass is 279 g/mol. The molecule has 5 heteroatoms. The minimum Gasteiger partial charge on any atom is -0.330 e. The van der Waals surface area contributed by atoms with Crippen LogP contribution in [0.2, 0.25) is 5.02 Å². The molecule has 2 N–H and O–H groups in total. The van der Waals surface area contributed by atoms with Crippen molar-refractivity contribution in [2.24, 2.45) is 5.73 Å². The van der Waals surface area contributed by atoms with Crippen LogP contribution in [0.1, 0.15) is 25.6 Å². The molecule has 0 radical (unpaired) electrons. The van der Waals surface area contributed by atoms with Crippen LogP contribution in [0.25, 0.3) is 11.0 Å². The van der Waals surface area contributed by atoms with Crippen molar-refractivity contribution in [3.05, 3.63) is 29.0 Å². The lowest BCUT2D eigenvalue weighted by Crippen LogP contribution is -2.09. The fourth-order valence-corrected chi connectivity index (χ4v) is 2.29. The molecule has 1 aromatic carbocycles. The fraction of sp³-hybridized carbons (Fsp3) is 0.429. The van der Waals surface area contributed by atoms with Gasteiger partial charge in [-0.1, -0.05) is 11.6 Å². The van der Waals surface area contributed by atoms with E-state index in [2.05, 4.69) is 9.55 Å². The predicted molar refractivity (Wildman–Crippen MR) is 77.4 cm³/mol. The maximum Gasteiger partial charge on any atom is 0.131 e. The molecule has 0 bridgehead atoms. The zero-order valence-corrected chi connectivity index (χ0v) is 11.8. The normalized spacial score (nSPS) is 11.1. The average molecular weight is 280 g/mol. The van der Waals surface area contributed by atoms with Crippen LogP contribution < -0.4 is 5.73 Å². The Morgan fingerprint density at radius 2 is 2.26 bits per heavy atom. The van der Waals surface area contributed by atoms with Crippen molar-refractivity contribution < 1.29 is 4.79 Å². The second-order valence-corrected chi connectivity index (χ2v) is 5.09. The highest BCUT2D eigenvalue weighted by molar-refractivity contribution is 6.31. The van der Waals surface area contributed by atoms with Crippen LogP contribution in [0.3, 0.4) is 0 Å². The summed E-state index contributed by atoms with van der Waals surface area (Å²) in [5.74, 6) is 1.16. The molecule has 1 aromatic heterocycles. The van der Waals surface area contributed by atoms with Gasteiger partial charge in [0.2, 0.25) is 0 Å². The van der Waals surface area contributed by atoms with Gasteiger partial charge >= 0.3 is 0 Å². The van der Waals surface area contributed by atoms with Gasteiger partial charge in [-0.25, -0.2) is 4.98 Å². The minimum absolute atomic E-state index is 0.181. The van der Waals surface area contributed by atoms with E-state index in [-0.39, 0.29) is 5.78 Å². The van der Waals surface area contributed by atoms with Gasteiger partial charge in [-0.3, -0.25) is 4.79 Å². The molecule has 0 saturated carbocycles. The predicted octanol–water partition coefficient (Wildman–Crippen LogP) is 2.56. The van der Waals surface area contributed by atoms with E-state index >= 15 is 0 Å². The Morgan fingerprint density at radius 1 is 1.47 bits per heavy atom. The van der Waals surface area contributed by atoms with Crippen LogP contribution in [0.15, 0.2) is 18.2 Å². The number of imidazole rings is 1. The number of rotatable bonds is 6. The van der Waals surface area contributed by atoms with Gasteiger partial charge in [0.25, 0.3) is 0 Å². The average Bonchev–Trinajstić information content (AvgIpc) is 2.70. The molecule has 0 aliphatic carbocycles. The van der Waals surface area contributed by atoms with E-state index in [1.165, 1.54) is 0 Å². The van der Waals surface area contributed by atoms with E-state index in [0.29, 0.717) is 24.5 Å². The number of halogens is 1. The summed E-state index contributed by atoms with van der Waals surface area (Å²) >= 11 is 5.99. The number of aromatic nitrogens is 2. The zero-order chi connectivity index (χ0) is 13.8. The first kappa shape index (κ1) is 14.0. The van der Waals surface area contributed by atoms with Crippen molar-refractivity contribution in [1.29, 1.82) is 0 Å². The van der Waals surface area contributed by atoms with Crippen LogP contribution in [-0.4, -0.2) is 21.9 Å². The Labute approximate surface area is 117 Å². The maximum absolute atomic E-state index is 11.2. The lowest BCUT2D eigenvalue weighted by atomic mass is 10.2. The molecule has 102 valence electrons. The van der Waals surface area contributed by atoms with Gasteiger partial charge in [0.05, 0.1) is 11.0 Å². The number of carbonyl (C=O) groups is 1. The Kier molecular flexibility index (Phi) is 4.56. The standard InChI is InChI=1S/C14H18ClN3O/c1-10(19)6-8-18-13-5-4-11(15)9-12(13)17-14(18)3-2-7-16/h4-5,9H,2-3,6-8,16H2,1H3. The van der Waals surface area contributed by atoms with Crippen molar-refractivity contribution in [2.45, 2.75) is 32.7 Å². The van der Waals surface area contributed by atoms with Gasteiger partial charge in [-0.2, -0.15) is 0 Å². The van der Waals surface area contributed by atoms with E-state index < -0.39 is 0 Å². The first-order chi connectivity index (χ1) is 9.11. The molecule has 19 heavy (non-hydrogen) atoms. The van der Waals surface area contributed by atoms with Crippen molar-refractivity contribution in [3.63, 3.8) is 0 Å². The number of carbonyl (C=O) groups excluding carboxylic acids is 1. The number of nitrogens with zero attached hydrogens (tertiary/aromatic N) is 2. The Balaban J connectivity index is 2.39. The number of benzene rings is 1. The van der Waals surface area contributed by atoms with Gasteiger partial charge in [-0.15, -0.1) is 0 Å². The van der Waals surface area contributed by atoms with Gasteiger partial charge in [0, 0.05) is 24.4 Å². The minimum atomic E-state index is 0.181. The van der Waals surface area contributed by atoms with Crippen LogP contribution in [0.5, 0.6) is 0 Å². The Bertz CT molecular complexity index is 592. The number of fused-ring (bicyclic) bond motifs is 1. The van der Waals surface area contributed by atoms with E-state index in [0.717, 1.165) is 29.7 Å². The third-order valence-electron chi connectivity index (χ3n) is 3.08. The summed E-state index contributed by atoms with van der Waals surface area (Å²) in [7, 11) is 0. The molecule has 1 heterocycles. The van der Waals surface area contributed by atoms with Crippen LogP contribution >= 0.6 is 11.6 Å². The van der Waals surface area contributed by atoms with Gasteiger partial charge in [-0.05, 0) is 38.1 Å². The van der Waals surface area contributed by atoms with Crippen LogP contribution in [0, 0.1) is 0 Å². The van der Waals surface area contributed by atoms with Gasteiger partial charge in [0.1, 0.15) is 11.6 Å². The number of hydrogen-bond donors (Lipinski definition) is 1. The summed E-state index contributed by atoms with van der Waals surface area (Å²) in [4.78, 5) is 15.8. The summed E-state index contributed by atoms with van der Waals surface area (Å²) < 4.78 is 2.10.